The summed E-state index contributed by atoms with van der Waals surface area (Å²) >= 11 is 0. The molecule has 17 heavy (non-hydrogen) atoms. The second-order valence-electron chi connectivity index (χ2n) is 4.82. The Bertz CT molecular complexity index is 414. The van der Waals surface area contributed by atoms with Gasteiger partial charge in [0.15, 0.2) is 0 Å². The fourth-order valence-corrected chi connectivity index (χ4v) is 1.85. The quantitative estimate of drug-likeness (QED) is 0.847. The van der Waals surface area contributed by atoms with Gasteiger partial charge in [0.05, 0.1) is 17.9 Å². The third-order valence-electron chi connectivity index (χ3n) is 3.13. The molecule has 0 aliphatic carbocycles. The molecule has 2 heterocycles. The Labute approximate surface area is 101 Å². The van der Waals surface area contributed by atoms with Crippen molar-refractivity contribution in [2.45, 2.75) is 20.3 Å². The molecule has 1 aromatic heterocycles. The topological polar surface area (TPSA) is 64.1 Å². The van der Waals surface area contributed by atoms with Crippen LogP contribution in [0.2, 0.25) is 0 Å². The van der Waals surface area contributed by atoms with Crippen molar-refractivity contribution < 1.29 is 9.53 Å². The van der Waals surface area contributed by atoms with E-state index in [1.54, 1.807) is 13.1 Å². The molecule has 0 saturated carbocycles. The predicted octanol–water partition coefficient (Wildman–Crippen LogP) is 0.941. The highest BCUT2D eigenvalue weighted by molar-refractivity contribution is 5.94. The number of hydrogen-bond acceptors (Lipinski definition) is 4. The SMILES string of the molecule is Cc1ncncc1C(=O)NCC1(C)CCOC1. The van der Waals surface area contributed by atoms with E-state index in [9.17, 15) is 4.79 Å². The minimum Gasteiger partial charge on any atom is -0.381 e. The molecule has 5 heteroatoms. The first-order chi connectivity index (χ1) is 8.11. The maximum Gasteiger partial charge on any atom is 0.254 e. The normalized spacial score (nSPS) is 23.6. The number of hydrogen-bond donors (Lipinski definition) is 1. The molecule has 2 rings (SSSR count). The zero-order chi connectivity index (χ0) is 12.3. The van der Waals surface area contributed by atoms with E-state index in [1.165, 1.54) is 6.33 Å². The highest BCUT2D eigenvalue weighted by Crippen LogP contribution is 2.26. The van der Waals surface area contributed by atoms with Crippen LogP contribution in [0.4, 0.5) is 0 Å². The molecule has 0 spiro atoms. The van der Waals surface area contributed by atoms with Crippen molar-refractivity contribution in [2.24, 2.45) is 5.41 Å². The molecule has 1 atom stereocenters. The van der Waals surface area contributed by atoms with Crippen LogP contribution in [0, 0.1) is 12.3 Å². The highest BCUT2D eigenvalue weighted by Gasteiger charge is 2.30. The number of aromatic nitrogens is 2. The molecule has 1 aliphatic rings. The summed E-state index contributed by atoms with van der Waals surface area (Å²) in [5.41, 5.74) is 1.29. The lowest BCUT2D eigenvalue weighted by molar-refractivity contribution is 0.0923. The van der Waals surface area contributed by atoms with Crippen LogP contribution >= 0.6 is 0 Å². The molecule has 92 valence electrons. The number of aryl methyl sites for hydroxylation is 1. The maximum atomic E-state index is 11.9. The highest BCUT2D eigenvalue weighted by atomic mass is 16.5. The Kier molecular flexibility index (Phi) is 3.38. The van der Waals surface area contributed by atoms with Crippen molar-refractivity contribution in [2.75, 3.05) is 19.8 Å². The second kappa shape index (κ2) is 4.79. The molecular weight excluding hydrogens is 218 g/mol. The van der Waals surface area contributed by atoms with Gasteiger partial charge in [0.1, 0.15) is 6.33 Å². The van der Waals surface area contributed by atoms with Crippen molar-refractivity contribution in [3.63, 3.8) is 0 Å². The van der Waals surface area contributed by atoms with E-state index in [0.717, 1.165) is 13.0 Å². The number of rotatable bonds is 3. The largest absolute Gasteiger partial charge is 0.381 e. The Morgan fingerprint density at radius 2 is 2.47 bits per heavy atom. The molecule has 5 nitrogen and oxygen atoms in total. The van der Waals surface area contributed by atoms with Crippen LogP contribution in [0.3, 0.4) is 0 Å². The van der Waals surface area contributed by atoms with E-state index in [1.807, 2.05) is 0 Å². The van der Waals surface area contributed by atoms with E-state index < -0.39 is 0 Å². The molecule has 0 radical (unpaired) electrons. The minimum atomic E-state index is -0.115. The smallest absolute Gasteiger partial charge is 0.254 e. The molecule has 0 bridgehead atoms. The van der Waals surface area contributed by atoms with Crippen molar-refractivity contribution >= 4 is 5.91 Å². The Hall–Kier alpha value is -1.49. The summed E-state index contributed by atoms with van der Waals surface area (Å²) < 4.78 is 5.35. The van der Waals surface area contributed by atoms with Gasteiger partial charge in [0, 0.05) is 24.8 Å². The summed E-state index contributed by atoms with van der Waals surface area (Å²) in [5.74, 6) is -0.115. The van der Waals surface area contributed by atoms with Crippen LogP contribution in [0.15, 0.2) is 12.5 Å². The number of amides is 1. The van der Waals surface area contributed by atoms with Gasteiger partial charge in [-0.2, -0.15) is 0 Å². The van der Waals surface area contributed by atoms with Gasteiger partial charge in [-0.1, -0.05) is 6.92 Å². The molecule has 1 saturated heterocycles. The van der Waals surface area contributed by atoms with Gasteiger partial charge in [-0.15, -0.1) is 0 Å². The lowest BCUT2D eigenvalue weighted by Gasteiger charge is -2.21. The predicted molar refractivity (Wildman–Crippen MR) is 62.6 cm³/mol. The van der Waals surface area contributed by atoms with E-state index in [4.69, 9.17) is 4.74 Å². The molecule has 0 aromatic carbocycles. The second-order valence-corrected chi connectivity index (χ2v) is 4.82. The van der Waals surface area contributed by atoms with Crippen LogP contribution in [-0.4, -0.2) is 35.6 Å². The maximum absolute atomic E-state index is 11.9. The average molecular weight is 235 g/mol. The van der Waals surface area contributed by atoms with Crippen LogP contribution < -0.4 is 5.32 Å². The molecule has 1 unspecified atom stereocenters. The lowest BCUT2D eigenvalue weighted by atomic mass is 9.90. The summed E-state index contributed by atoms with van der Waals surface area (Å²) in [4.78, 5) is 19.8. The third-order valence-corrected chi connectivity index (χ3v) is 3.13. The summed E-state index contributed by atoms with van der Waals surface area (Å²) in [7, 11) is 0. The number of carbonyl (C=O) groups excluding carboxylic acids is 1. The Morgan fingerprint density at radius 1 is 1.65 bits per heavy atom. The molecule has 1 N–H and O–H groups in total. The molecule has 1 aliphatic heterocycles. The molecule has 1 aromatic rings. The van der Waals surface area contributed by atoms with Gasteiger partial charge < -0.3 is 10.1 Å². The van der Waals surface area contributed by atoms with Gasteiger partial charge in [0.25, 0.3) is 5.91 Å². The Balaban J connectivity index is 1.96. The summed E-state index contributed by atoms with van der Waals surface area (Å²) in [6.07, 6.45) is 3.97. The summed E-state index contributed by atoms with van der Waals surface area (Å²) in [6, 6.07) is 0. The first kappa shape index (κ1) is 12.0. The minimum absolute atomic E-state index is 0.0548. The van der Waals surface area contributed by atoms with Gasteiger partial charge >= 0.3 is 0 Å². The summed E-state index contributed by atoms with van der Waals surface area (Å²) in [6.45, 7) is 6.03. The van der Waals surface area contributed by atoms with Crippen LogP contribution in [0.1, 0.15) is 29.4 Å². The fraction of sp³-hybridized carbons (Fsp3) is 0.583. The number of ether oxygens (including phenoxy) is 1. The van der Waals surface area contributed by atoms with Crippen molar-refractivity contribution in [3.8, 4) is 0 Å². The molecular formula is C12H17N3O2. The monoisotopic (exact) mass is 235 g/mol. The van der Waals surface area contributed by atoms with Crippen molar-refractivity contribution in [3.05, 3.63) is 23.8 Å². The first-order valence-electron chi connectivity index (χ1n) is 5.73. The summed E-state index contributed by atoms with van der Waals surface area (Å²) in [5, 5.41) is 2.92. The van der Waals surface area contributed by atoms with Crippen LogP contribution in [-0.2, 0) is 4.74 Å². The van der Waals surface area contributed by atoms with Crippen molar-refractivity contribution in [1.82, 2.24) is 15.3 Å². The van der Waals surface area contributed by atoms with E-state index in [0.29, 0.717) is 24.4 Å². The standard InChI is InChI=1S/C12H17N3O2/c1-9-10(5-13-8-15-9)11(16)14-6-12(2)3-4-17-7-12/h5,8H,3-4,6-7H2,1-2H3,(H,14,16). The zero-order valence-electron chi connectivity index (χ0n) is 10.2. The first-order valence-corrected chi connectivity index (χ1v) is 5.73. The average Bonchev–Trinajstić information content (AvgIpc) is 2.74. The van der Waals surface area contributed by atoms with Crippen molar-refractivity contribution in [1.29, 1.82) is 0 Å². The zero-order valence-corrected chi connectivity index (χ0v) is 10.2. The van der Waals surface area contributed by atoms with Gasteiger partial charge in [-0.05, 0) is 13.3 Å². The fourth-order valence-electron chi connectivity index (χ4n) is 1.85. The van der Waals surface area contributed by atoms with Crippen LogP contribution in [0.5, 0.6) is 0 Å². The van der Waals surface area contributed by atoms with E-state index in [2.05, 4.69) is 22.2 Å². The number of carbonyl (C=O) groups is 1. The Morgan fingerprint density at radius 3 is 3.12 bits per heavy atom. The van der Waals surface area contributed by atoms with Gasteiger partial charge in [0.2, 0.25) is 0 Å². The van der Waals surface area contributed by atoms with Gasteiger partial charge in [-0.25, -0.2) is 9.97 Å². The number of nitrogens with one attached hydrogen (secondary N) is 1. The van der Waals surface area contributed by atoms with E-state index in [-0.39, 0.29) is 11.3 Å². The van der Waals surface area contributed by atoms with E-state index >= 15 is 0 Å². The lowest BCUT2D eigenvalue weighted by Crippen LogP contribution is -2.36. The third kappa shape index (κ3) is 2.79. The molecule has 1 amide bonds. The molecule has 1 fully saturated rings. The van der Waals surface area contributed by atoms with Gasteiger partial charge in [-0.3, -0.25) is 4.79 Å². The van der Waals surface area contributed by atoms with Crippen LogP contribution in [0.25, 0.3) is 0 Å². The number of nitrogens with zero attached hydrogens (tertiary/aromatic N) is 2.